The molecule has 1 aromatic carbocycles. The predicted molar refractivity (Wildman–Crippen MR) is 73.9 cm³/mol. The molecule has 0 fully saturated rings. The zero-order valence-electron chi connectivity index (χ0n) is 10.5. The molecule has 17 heavy (non-hydrogen) atoms. The Kier molecular flexibility index (Phi) is 5.11. The smallest absolute Gasteiger partial charge is 0.156 e. The van der Waals surface area contributed by atoms with Gasteiger partial charge in [0.2, 0.25) is 0 Å². The minimum Gasteiger partial charge on any atom is -0.490 e. The molecular formula is C13H19Cl2NO. The number of hydrogen-bond acceptors (Lipinski definition) is 2. The van der Waals surface area contributed by atoms with E-state index in [0.29, 0.717) is 28.9 Å². The van der Waals surface area contributed by atoms with Gasteiger partial charge >= 0.3 is 0 Å². The van der Waals surface area contributed by atoms with Crippen molar-refractivity contribution in [2.24, 2.45) is 11.1 Å². The fraction of sp³-hybridized carbons (Fsp3) is 0.538. The maximum absolute atomic E-state index is 6.10. The molecule has 0 saturated carbocycles. The molecule has 1 aromatic rings. The Morgan fingerprint density at radius 3 is 2.12 bits per heavy atom. The zero-order chi connectivity index (χ0) is 13.1. The topological polar surface area (TPSA) is 35.2 Å². The third-order valence-electron chi connectivity index (χ3n) is 2.39. The van der Waals surface area contributed by atoms with Gasteiger partial charge in [-0.2, -0.15) is 0 Å². The SMILES string of the molecule is CC(C)(C)CCOc1c(Cl)cc(CN)cc1Cl. The molecule has 0 aliphatic heterocycles. The lowest BCUT2D eigenvalue weighted by molar-refractivity contribution is 0.243. The molecule has 2 nitrogen and oxygen atoms in total. The highest BCUT2D eigenvalue weighted by Crippen LogP contribution is 2.34. The molecule has 1 rings (SSSR count). The van der Waals surface area contributed by atoms with Crippen molar-refractivity contribution in [1.82, 2.24) is 0 Å². The van der Waals surface area contributed by atoms with Crippen LogP contribution in [-0.4, -0.2) is 6.61 Å². The van der Waals surface area contributed by atoms with Crippen LogP contribution >= 0.6 is 23.2 Å². The number of rotatable bonds is 4. The molecule has 0 bridgehead atoms. The molecule has 0 unspecified atom stereocenters. The first-order valence-corrected chi connectivity index (χ1v) is 6.40. The highest BCUT2D eigenvalue weighted by atomic mass is 35.5. The number of hydrogen-bond donors (Lipinski definition) is 1. The monoisotopic (exact) mass is 275 g/mol. The van der Waals surface area contributed by atoms with Crippen LogP contribution in [0, 0.1) is 5.41 Å². The second-order valence-corrected chi connectivity index (χ2v) is 6.07. The molecule has 0 aromatic heterocycles. The van der Waals surface area contributed by atoms with Gasteiger partial charge in [-0.15, -0.1) is 0 Å². The lowest BCUT2D eigenvalue weighted by atomic mass is 9.93. The van der Waals surface area contributed by atoms with Crippen molar-refractivity contribution >= 4 is 23.2 Å². The number of ether oxygens (including phenoxy) is 1. The minimum absolute atomic E-state index is 0.232. The van der Waals surface area contributed by atoms with Crippen LogP contribution in [0.15, 0.2) is 12.1 Å². The molecular weight excluding hydrogens is 257 g/mol. The summed E-state index contributed by atoms with van der Waals surface area (Å²) in [5, 5.41) is 1.04. The van der Waals surface area contributed by atoms with Crippen molar-refractivity contribution < 1.29 is 4.74 Å². The number of nitrogens with two attached hydrogens (primary N) is 1. The van der Waals surface area contributed by atoms with Crippen LogP contribution in [0.5, 0.6) is 5.75 Å². The largest absolute Gasteiger partial charge is 0.490 e. The van der Waals surface area contributed by atoms with Crippen LogP contribution in [0.2, 0.25) is 10.0 Å². The zero-order valence-corrected chi connectivity index (χ0v) is 12.0. The van der Waals surface area contributed by atoms with Crippen molar-refractivity contribution in [3.05, 3.63) is 27.7 Å². The average Bonchev–Trinajstić information content (AvgIpc) is 2.20. The Hall–Kier alpha value is -0.440. The van der Waals surface area contributed by atoms with Gasteiger partial charge in [0.25, 0.3) is 0 Å². The molecule has 0 spiro atoms. The van der Waals surface area contributed by atoms with E-state index in [1.54, 1.807) is 12.1 Å². The summed E-state index contributed by atoms with van der Waals surface area (Å²) in [7, 11) is 0. The Morgan fingerprint density at radius 2 is 1.71 bits per heavy atom. The molecule has 4 heteroatoms. The number of halogens is 2. The van der Waals surface area contributed by atoms with E-state index in [2.05, 4.69) is 20.8 Å². The van der Waals surface area contributed by atoms with E-state index in [0.717, 1.165) is 12.0 Å². The van der Waals surface area contributed by atoms with E-state index in [1.165, 1.54) is 0 Å². The Labute approximate surface area is 113 Å². The van der Waals surface area contributed by atoms with Gasteiger partial charge in [0.1, 0.15) is 0 Å². The van der Waals surface area contributed by atoms with Crippen LogP contribution in [0.1, 0.15) is 32.8 Å². The van der Waals surface area contributed by atoms with Crippen LogP contribution in [0.3, 0.4) is 0 Å². The molecule has 0 amide bonds. The van der Waals surface area contributed by atoms with Gasteiger partial charge in [0, 0.05) is 6.54 Å². The first-order valence-electron chi connectivity index (χ1n) is 5.64. The van der Waals surface area contributed by atoms with Crippen LogP contribution in [-0.2, 0) is 6.54 Å². The summed E-state index contributed by atoms with van der Waals surface area (Å²) in [5.74, 6) is 0.551. The fourth-order valence-corrected chi connectivity index (χ4v) is 1.97. The van der Waals surface area contributed by atoms with Gasteiger partial charge in [-0.05, 0) is 29.5 Å². The second kappa shape index (κ2) is 5.94. The Balaban J connectivity index is 2.72. The van der Waals surface area contributed by atoms with Crippen LogP contribution < -0.4 is 10.5 Å². The van der Waals surface area contributed by atoms with Gasteiger partial charge < -0.3 is 10.5 Å². The van der Waals surface area contributed by atoms with E-state index in [4.69, 9.17) is 33.7 Å². The number of benzene rings is 1. The van der Waals surface area contributed by atoms with Gasteiger partial charge in [0.15, 0.2) is 5.75 Å². The quantitative estimate of drug-likeness (QED) is 0.891. The van der Waals surface area contributed by atoms with Crippen molar-refractivity contribution in [3.8, 4) is 5.75 Å². The van der Waals surface area contributed by atoms with Gasteiger partial charge in [0.05, 0.1) is 16.7 Å². The Morgan fingerprint density at radius 1 is 1.18 bits per heavy atom. The van der Waals surface area contributed by atoms with Gasteiger partial charge in [-0.3, -0.25) is 0 Å². The Bertz CT molecular complexity index is 362. The normalized spacial score (nSPS) is 11.6. The standard InChI is InChI=1S/C13H19Cl2NO/c1-13(2,3)4-5-17-12-10(14)6-9(8-16)7-11(12)15/h6-7H,4-5,8,16H2,1-3H3. The summed E-state index contributed by atoms with van der Waals surface area (Å²) in [4.78, 5) is 0. The van der Waals surface area contributed by atoms with E-state index >= 15 is 0 Å². The second-order valence-electron chi connectivity index (χ2n) is 5.25. The lowest BCUT2D eigenvalue weighted by Crippen LogP contribution is -2.11. The van der Waals surface area contributed by atoms with Crippen molar-refractivity contribution in [2.45, 2.75) is 33.7 Å². The molecule has 0 aliphatic carbocycles. The van der Waals surface area contributed by atoms with E-state index in [9.17, 15) is 0 Å². The first kappa shape index (κ1) is 14.6. The summed E-state index contributed by atoms with van der Waals surface area (Å²) in [6.07, 6.45) is 0.943. The molecule has 96 valence electrons. The summed E-state index contributed by atoms with van der Waals surface area (Å²) in [6, 6.07) is 3.58. The predicted octanol–water partition coefficient (Wildman–Crippen LogP) is 4.27. The van der Waals surface area contributed by atoms with Crippen molar-refractivity contribution in [2.75, 3.05) is 6.61 Å². The average molecular weight is 276 g/mol. The first-order chi connectivity index (χ1) is 7.83. The molecule has 2 N–H and O–H groups in total. The molecule has 0 heterocycles. The van der Waals surface area contributed by atoms with Gasteiger partial charge in [-0.25, -0.2) is 0 Å². The van der Waals surface area contributed by atoms with Crippen LogP contribution in [0.25, 0.3) is 0 Å². The third kappa shape index (κ3) is 4.74. The fourth-order valence-electron chi connectivity index (χ4n) is 1.33. The molecule has 0 atom stereocenters. The highest BCUT2D eigenvalue weighted by Gasteiger charge is 2.13. The third-order valence-corrected chi connectivity index (χ3v) is 2.95. The van der Waals surface area contributed by atoms with Gasteiger partial charge in [-0.1, -0.05) is 44.0 Å². The lowest BCUT2D eigenvalue weighted by Gasteiger charge is -2.19. The van der Waals surface area contributed by atoms with Crippen LogP contribution in [0.4, 0.5) is 0 Å². The molecule has 0 saturated heterocycles. The summed E-state index contributed by atoms with van der Waals surface area (Å²) in [6.45, 7) is 7.51. The minimum atomic E-state index is 0.232. The summed E-state index contributed by atoms with van der Waals surface area (Å²) >= 11 is 12.2. The van der Waals surface area contributed by atoms with E-state index in [-0.39, 0.29) is 5.41 Å². The molecule has 0 aliphatic rings. The van der Waals surface area contributed by atoms with Crippen molar-refractivity contribution in [1.29, 1.82) is 0 Å². The summed E-state index contributed by atoms with van der Waals surface area (Å²) < 4.78 is 5.64. The maximum Gasteiger partial charge on any atom is 0.156 e. The van der Waals surface area contributed by atoms with Crippen molar-refractivity contribution in [3.63, 3.8) is 0 Å². The molecule has 0 radical (unpaired) electrons. The highest BCUT2D eigenvalue weighted by molar-refractivity contribution is 6.37. The van der Waals surface area contributed by atoms with E-state index in [1.807, 2.05) is 0 Å². The van der Waals surface area contributed by atoms with E-state index < -0.39 is 0 Å². The maximum atomic E-state index is 6.10. The summed E-state index contributed by atoms with van der Waals surface area (Å²) in [5.41, 5.74) is 6.67.